The Morgan fingerprint density at radius 2 is 2.07 bits per heavy atom. The minimum atomic E-state index is -1.58. The zero-order valence-corrected chi connectivity index (χ0v) is 7.58. The second-order valence-electron chi connectivity index (χ2n) is 3.25. The van der Waals surface area contributed by atoms with Crippen molar-refractivity contribution in [3.8, 4) is 0 Å². The summed E-state index contributed by atoms with van der Waals surface area (Å²) >= 11 is 0. The molecule has 5 heteroatoms. The number of nitrogens with one attached hydrogen (secondary N) is 1. The molecule has 0 amide bonds. The number of halogens is 1. The first-order chi connectivity index (χ1) is 6.59. The fourth-order valence-electron chi connectivity index (χ4n) is 1.57. The summed E-state index contributed by atoms with van der Waals surface area (Å²) in [5, 5.41) is 18.6. The Morgan fingerprint density at radius 1 is 1.36 bits per heavy atom. The number of benzene rings is 1. The first-order valence-corrected chi connectivity index (χ1v) is 4.23. The Bertz CT molecular complexity index is 481. The maximum absolute atomic E-state index is 13.2. The molecule has 0 radical (unpaired) electrons. The van der Waals surface area contributed by atoms with Gasteiger partial charge in [0.15, 0.2) is 0 Å². The van der Waals surface area contributed by atoms with Gasteiger partial charge in [0.05, 0.1) is 5.52 Å². The Labute approximate surface area is 80.3 Å². The molecular weight excluding hydrogens is 184 g/mol. The smallest absolute Gasteiger partial charge is 0.423 e. The first kappa shape index (κ1) is 9.24. The number of aryl methyl sites for hydroxylation is 1. The topological polar surface area (TPSA) is 56.2 Å². The summed E-state index contributed by atoms with van der Waals surface area (Å²) in [6, 6.07) is 4.27. The largest absolute Gasteiger partial charge is 0.489 e. The summed E-state index contributed by atoms with van der Waals surface area (Å²) < 4.78 is 13.2. The molecule has 0 fully saturated rings. The molecule has 0 aliphatic heterocycles. The minimum Gasteiger partial charge on any atom is -0.423 e. The van der Waals surface area contributed by atoms with Crippen LogP contribution >= 0.6 is 0 Å². The average Bonchev–Trinajstić information content (AvgIpc) is 2.47. The molecule has 1 aromatic carbocycles. The van der Waals surface area contributed by atoms with Gasteiger partial charge in [-0.2, -0.15) is 0 Å². The van der Waals surface area contributed by atoms with Crippen molar-refractivity contribution in [3.05, 3.63) is 29.7 Å². The third-order valence-electron chi connectivity index (χ3n) is 2.19. The van der Waals surface area contributed by atoms with Gasteiger partial charge in [-0.1, -0.05) is 6.07 Å². The maximum Gasteiger partial charge on any atom is 0.489 e. The van der Waals surface area contributed by atoms with Gasteiger partial charge in [-0.05, 0) is 24.5 Å². The molecule has 1 heterocycles. The highest BCUT2D eigenvalue weighted by atomic mass is 19.1. The molecule has 0 aliphatic rings. The van der Waals surface area contributed by atoms with Crippen molar-refractivity contribution in [2.24, 2.45) is 0 Å². The summed E-state index contributed by atoms with van der Waals surface area (Å²) in [5.74, 6) is -0.391. The van der Waals surface area contributed by atoms with Crippen molar-refractivity contribution in [2.75, 3.05) is 0 Å². The molecule has 0 aliphatic carbocycles. The van der Waals surface area contributed by atoms with Crippen molar-refractivity contribution < 1.29 is 14.4 Å². The summed E-state index contributed by atoms with van der Waals surface area (Å²) in [6.07, 6.45) is 0. The van der Waals surface area contributed by atoms with Gasteiger partial charge in [0.25, 0.3) is 0 Å². The second-order valence-corrected chi connectivity index (χ2v) is 3.25. The van der Waals surface area contributed by atoms with E-state index in [1.807, 2.05) is 0 Å². The molecule has 0 bridgehead atoms. The highest BCUT2D eigenvalue weighted by molar-refractivity contribution is 6.61. The molecule has 0 spiro atoms. The van der Waals surface area contributed by atoms with E-state index in [0.717, 1.165) is 5.69 Å². The molecule has 2 aromatic rings. The molecule has 2 rings (SSSR count). The molecule has 1 aromatic heterocycles. The van der Waals surface area contributed by atoms with Crippen molar-refractivity contribution >= 4 is 23.5 Å². The predicted molar refractivity (Wildman–Crippen MR) is 52.8 cm³/mol. The van der Waals surface area contributed by atoms with Crippen molar-refractivity contribution in [1.82, 2.24) is 4.98 Å². The van der Waals surface area contributed by atoms with Gasteiger partial charge >= 0.3 is 7.12 Å². The van der Waals surface area contributed by atoms with E-state index in [9.17, 15) is 4.39 Å². The van der Waals surface area contributed by atoms with Gasteiger partial charge in [0.2, 0.25) is 0 Å². The lowest BCUT2D eigenvalue weighted by molar-refractivity contribution is 0.426. The predicted octanol–water partition coefficient (Wildman–Crippen LogP) is 0.295. The minimum absolute atomic E-state index is 0.311. The maximum atomic E-state index is 13.2. The third-order valence-corrected chi connectivity index (χ3v) is 2.19. The van der Waals surface area contributed by atoms with Crippen LogP contribution in [0.1, 0.15) is 5.69 Å². The van der Waals surface area contributed by atoms with Crippen LogP contribution in [0.3, 0.4) is 0 Å². The van der Waals surface area contributed by atoms with Crippen molar-refractivity contribution in [3.63, 3.8) is 0 Å². The molecule has 0 unspecified atom stereocenters. The molecule has 0 atom stereocenters. The van der Waals surface area contributed by atoms with Gasteiger partial charge in [-0.15, -0.1) is 0 Å². The average molecular weight is 193 g/mol. The van der Waals surface area contributed by atoms with Crippen LogP contribution < -0.4 is 5.46 Å². The quantitative estimate of drug-likeness (QED) is 0.570. The number of hydrogen-bond donors (Lipinski definition) is 3. The number of aromatic nitrogens is 1. The fraction of sp³-hybridized carbons (Fsp3) is 0.111. The van der Waals surface area contributed by atoms with E-state index < -0.39 is 12.9 Å². The normalized spacial score (nSPS) is 10.9. The van der Waals surface area contributed by atoms with Crippen LogP contribution in [0.4, 0.5) is 4.39 Å². The van der Waals surface area contributed by atoms with Crippen LogP contribution in [-0.2, 0) is 0 Å². The lowest BCUT2D eigenvalue weighted by Crippen LogP contribution is -2.30. The number of rotatable bonds is 1. The zero-order chi connectivity index (χ0) is 10.3. The Kier molecular flexibility index (Phi) is 2.05. The van der Waals surface area contributed by atoms with E-state index in [-0.39, 0.29) is 0 Å². The highest BCUT2D eigenvalue weighted by Gasteiger charge is 2.17. The molecule has 72 valence electrons. The van der Waals surface area contributed by atoms with Crippen LogP contribution in [0.5, 0.6) is 0 Å². The van der Waals surface area contributed by atoms with Gasteiger partial charge < -0.3 is 15.0 Å². The standard InChI is InChI=1S/C9H9BFNO2/c1-5-4-6-7(10(13)14)2-3-8(11)9(6)12-5/h2-4,12-14H,1H3. The van der Waals surface area contributed by atoms with Crippen LogP contribution in [0, 0.1) is 12.7 Å². The summed E-state index contributed by atoms with van der Waals surface area (Å²) in [6.45, 7) is 1.78. The van der Waals surface area contributed by atoms with Gasteiger partial charge in [0.1, 0.15) is 5.82 Å². The van der Waals surface area contributed by atoms with E-state index in [1.165, 1.54) is 12.1 Å². The number of hydrogen-bond acceptors (Lipinski definition) is 2. The Hall–Kier alpha value is -1.33. The number of aromatic amines is 1. The van der Waals surface area contributed by atoms with Crippen LogP contribution in [0.15, 0.2) is 18.2 Å². The SMILES string of the molecule is Cc1cc2c(B(O)O)ccc(F)c2[nH]1. The van der Waals surface area contributed by atoms with E-state index in [0.29, 0.717) is 16.4 Å². The third kappa shape index (κ3) is 1.30. The lowest BCUT2D eigenvalue weighted by atomic mass is 9.78. The van der Waals surface area contributed by atoms with Crippen molar-refractivity contribution in [2.45, 2.75) is 6.92 Å². The van der Waals surface area contributed by atoms with E-state index in [4.69, 9.17) is 10.0 Å². The van der Waals surface area contributed by atoms with E-state index >= 15 is 0 Å². The van der Waals surface area contributed by atoms with Crippen LogP contribution in [0.2, 0.25) is 0 Å². The fourth-order valence-corrected chi connectivity index (χ4v) is 1.57. The lowest BCUT2D eigenvalue weighted by Gasteiger charge is -2.01. The molecule has 0 saturated heterocycles. The van der Waals surface area contributed by atoms with Gasteiger partial charge in [0, 0.05) is 11.1 Å². The van der Waals surface area contributed by atoms with E-state index in [1.54, 1.807) is 13.0 Å². The van der Waals surface area contributed by atoms with Crippen LogP contribution in [0.25, 0.3) is 10.9 Å². The monoisotopic (exact) mass is 193 g/mol. The summed E-state index contributed by atoms with van der Waals surface area (Å²) in [7, 11) is -1.58. The summed E-state index contributed by atoms with van der Waals surface area (Å²) in [5.41, 5.74) is 1.41. The van der Waals surface area contributed by atoms with Gasteiger partial charge in [-0.3, -0.25) is 0 Å². The Balaban J connectivity index is 2.81. The highest BCUT2D eigenvalue weighted by Crippen LogP contribution is 2.16. The molecular formula is C9H9BFNO2. The summed E-state index contributed by atoms with van der Waals surface area (Å²) in [4.78, 5) is 2.82. The first-order valence-electron chi connectivity index (χ1n) is 4.23. The van der Waals surface area contributed by atoms with Crippen LogP contribution in [-0.4, -0.2) is 22.2 Å². The van der Waals surface area contributed by atoms with E-state index in [2.05, 4.69) is 4.98 Å². The molecule has 3 nitrogen and oxygen atoms in total. The number of H-pyrrole nitrogens is 1. The second kappa shape index (κ2) is 3.11. The number of fused-ring (bicyclic) bond motifs is 1. The van der Waals surface area contributed by atoms with Crippen molar-refractivity contribution in [1.29, 1.82) is 0 Å². The zero-order valence-electron chi connectivity index (χ0n) is 7.58. The van der Waals surface area contributed by atoms with Gasteiger partial charge in [-0.25, -0.2) is 4.39 Å². The Morgan fingerprint density at radius 3 is 2.71 bits per heavy atom. The molecule has 14 heavy (non-hydrogen) atoms. The molecule has 0 saturated carbocycles. The molecule has 3 N–H and O–H groups in total.